The largest absolute Gasteiger partial charge is 0.508 e. The van der Waals surface area contributed by atoms with Crippen LogP contribution in [0.15, 0.2) is 42.5 Å². The van der Waals surface area contributed by atoms with Gasteiger partial charge in [-0.3, -0.25) is 0 Å². The van der Waals surface area contributed by atoms with Crippen molar-refractivity contribution in [3.63, 3.8) is 0 Å². The fraction of sp³-hybridized carbons (Fsp3) is 0.429. The number of hydrogen-bond acceptors (Lipinski definition) is 2. The van der Waals surface area contributed by atoms with Crippen molar-refractivity contribution in [2.24, 2.45) is 0 Å². The number of phenols is 1. The summed E-state index contributed by atoms with van der Waals surface area (Å²) in [6.07, 6.45) is 2.06. The molecule has 0 bridgehead atoms. The summed E-state index contributed by atoms with van der Waals surface area (Å²) in [6, 6.07) is 14.3. The molecule has 0 fully saturated rings. The number of aromatic hydroxyl groups is 1. The fourth-order valence-electron chi connectivity index (χ4n) is 3.29. The van der Waals surface area contributed by atoms with Gasteiger partial charge in [0.1, 0.15) is 5.75 Å². The van der Waals surface area contributed by atoms with Gasteiger partial charge in [-0.15, -0.1) is 0 Å². The number of aliphatic hydroxyl groups excluding tert-OH is 1. The SMILES string of the molecule is CCC[C@](C)(Pc1ccccc1CO)c1cc([Si](C)(C)C)ccc1O. The summed E-state index contributed by atoms with van der Waals surface area (Å²) in [5.74, 6) is 0.395. The zero-order valence-corrected chi connectivity index (χ0v) is 18.1. The van der Waals surface area contributed by atoms with Crippen molar-refractivity contribution >= 4 is 27.1 Å². The molecule has 0 aliphatic rings. The van der Waals surface area contributed by atoms with E-state index < -0.39 is 8.07 Å². The number of aliphatic hydroxyl groups is 1. The van der Waals surface area contributed by atoms with Gasteiger partial charge in [0.25, 0.3) is 0 Å². The lowest BCUT2D eigenvalue weighted by atomic mass is 9.94. The van der Waals surface area contributed by atoms with Gasteiger partial charge in [-0.05, 0) is 23.4 Å². The average molecular weight is 375 g/mol. The van der Waals surface area contributed by atoms with Crippen molar-refractivity contribution in [2.45, 2.75) is 58.1 Å². The first-order chi connectivity index (χ1) is 11.7. The summed E-state index contributed by atoms with van der Waals surface area (Å²) in [6.45, 7) is 11.5. The van der Waals surface area contributed by atoms with Gasteiger partial charge in [0.15, 0.2) is 0 Å². The van der Waals surface area contributed by atoms with Crippen molar-refractivity contribution in [1.82, 2.24) is 0 Å². The molecule has 0 saturated heterocycles. The molecule has 0 amide bonds. The van der Waals surface area contributed by atoms with E-state index in [0.717, 1.165) is 24.0 Å². The van der Waals surface area contributed by atoms with Crippen molar-refractivity contribution in [3.8, 4) is 5.75 Å². The lowest BCUT2D eigenvalue weighted by Gasteiger charge is -2.33. The van der Waals surface area contributed by atoms with Gasteiger partial charge in [0.2, 0.25) is 0 Å². The monoisotopic (exact) mass is 374 g/mol. The Hall–Kier alpha value is -1.15. The van der Waals surface area contributed by atoms with E-state index in [9.17, 15) is 10.2 Å². The second-order valence-corrected chi connectivity index (χ2v) is 15.0. The minimum Gasteiger partial charge on any atom is -0.508 e. The standard InChI is InChI=1S/C21H31O2PSi/c1-6-13-21(2,24-20-10-8-7-9-16(20)15-22)18-14-17(25(3,4)5)11-12-19(18)23/h7-12,14,22-24H,6,13,15H2,1-5H3/t21-/m0/s1. The molecule has 0 aliphatic carbocycles. The highest BCUT2D eigenvalue weighted by atomic mass is 31.1. The third-order valence-electron chi connectivity index (χ3n) is 4.81. The highest BCUT2D eigenvalue weighted by molar-refractivity contribution is 7.48. The number of phenolic OH excluding ortho intramolecular Hbond substituents is 1. The molecular formula is C21H31O2PSi. The first-order valence-electron chi connectivity index (χ1n) is 9.02. The molecule has 4 heteroatoms. The Kier molecular flexibility index (Phi) is 6.48. The summed E-state index contributed by atoms with van der Waals surface area (Å²) >= 11 is 0. The van der Waals surface area contributed by atoms with Crippen LogP contribution in [-0.4, -0.2) is 18.3 Å². The Labute approximate surface area is 155 Å². The quantitative estimate of drug-likeness (QED) is 0.555. The maximum atomic E-state index is 10.6. The lowest BCUT2D eigenvalue weighted by Crippen LogP contribution is -2.38. The van der Waals surface area contributed by atoms with Crippen LogP contribution in [-0.2, 0) is 11.8 Å². The molecule has 1 unspecified atom stereocenters. The highest BCUT2D eigenvalue weighted by Crippen LogP contribution is 2.48. The van der Waals surface area contributed by atoms with Crippen molar-refractivity contribution in [3.05, 3.63) is 53.6 Å². The van der Waals surface area contributed by atoms with E-state index in [1.54, 1.807) is 0 Å². The van der Waals surface area contributed by atoms with Gasteiger partial charge in [-0.2, -0.15) is 0 Å². The van der Waals surface area contributed by atoms with Crippen LogP contribution in [0.3, 0.4) is 0 Å². The Morgan fingerprint density at radius 2 is 1.76 bits per heavy atom. The smallest absolute Gasteiger partial charge is 0.119 e. The lowest BCUT2D eigenvalue weighted by molar-refractivity contribution is 0.283. The normalized spacial score (nSPS) is 14.8. The zero-order chi connectivity index (χ0) is 18.7. The molecule has 136 valence electrons. The van der Waals surface area contributed by atoms with E-state index in [-0.39, 0.29) is 11.8 Å². The Morgan fingerprint density at radius 3 is 2.36 bits per heavy atom. The van der Waals surface area contributed by atoms with Crippen LogP contribution in [0.25, 0.3) is 0 Å². The molecule has 0 spiro atoms. The first kappa shape index (κ1) is 20.2. The van der Waals surface area contributed by atoms with Crippen LogP contribution in [0.1, 0.15) is 37.8 Å². The van der Waals surface area contributed by atoms with Gasteiger partial charge >= 0.3 is 0 Å². The molecule has 0 heterocycles. The molecule has 2 nitrogen and oxygen atoms in total. The molecule has 2 N–H and O–H groups in total. The van der Waals surface area contributed by atoms with Crippen LogP contribution in [0.2, 0.25) is 19.6 Å². The number of rotatable bonds is 7. The summed E-state index contributed by atoms with van der Waals surface area (Å²) < 4.78 is 0. The van der Waals surface area contributed by atoms with Gasteiger partial charge in [-0.1, -0.05) is 90.1 Å². The van der Waals surface area contributed by atoms with E-state index in [1.165, 1.54) is 10.5 Å². The summed E-state index contributed by atoms with van der Waals surface area (Å²) in [5, 5.41) is 22.8. The number of hydrogen-bond donors (Lipinski definition) is 2. The van der Waals surface area contributed by atoms with E-state index >= 15 is 0 Å². The van der Waals surface area contributed by atoms with Crippen molar-refractivity contribution in [2.75, 3.05) is 0 Å². The van der Waals surface area contributed by atoms with Crippen LogP contribution in [0.4, 0.5) is 0 Å². The van der Waals surface area contributed by atoms with E-state index in [4.69, 9.17) is 0 Å². The topological polar surface area (TPSA) is 40.5 Å². The zero-order valence-electron chi connectivity index (χ0n) is 16.1. The molecule has 0 aliphatic heterocycles. The molecule has 0 aromatic heterocycles. The van der Waals surface area contributed by atoms with Crippen LogP contribution >= 0.6 is 8.58 Å². The van der Waals surface area contributed by atoms with E-state index in [1.807, 2.05) is 24.3 Å². The van der Waals surface area contributed by atoms with Crippen LogP contribution in [0, 0.1) is 0 Å². The Bertz CT molecular complexity index is 724. The minimum absolute atomic E-state index is 0.0618. The van der Waals surface area contributed by atoms with Crippen molar-refractivity contribution in [1.29, 1.82) is 0 Å². The minimum atomic E-state index is -1.45. The Balaban J connectivity index is 2.52. The summed E-state index contributed by atoms with van der Waals surface area (Å²) in [7, 11) is -0.937. The van der Waals surface area contributed by atoms with Crippen molar-refractivity contribution < 1.29 is 10.2 Å². The maximum Gasteiger partial charge on any atom is 0.119 e. The first-order valence-corrected chi connectivity index (χ1v) is 13.5. The second-order valence-electron chi connectivity index (χ2n) is 8.00. The van der Waals surface area contributed by atoms with E-state index in [0.29, 0.717) is 14.3 Å². The molecule has 2 atom stereocenters. The predicted octanol–water partition coefficient (Wildman–Crippen LogP) is 4.45. The van der Waals surface area contributed by atoms with Gasteiger partial charge in [0.05, 0.1) is 14.7 Å². The van der Waals surface area contributed by atoms with Crippen LogP contribution in [0.5, 0.6) is 5.75 Å². The fourth-order valence-corrected chi connectivity index (χ4v) is 6.25. The molecular weight excluding hydrogens is 343 g/mol. The predicted molar refractivity (Wildman–Crippen MR) is 114 cm³/mol. The molecule has 2 aromatic carbocycles. The number of benzene rings is 2. The molecule has 2 rings (SSSR count). The molecule has 0 radical (unpaired) electrons. The molecule has 2 aromatic rings. The molecule has 25 heavy (non-hydrogen) atoms. The summed E-state index contributed by atoms with van der Waals surface area (Å²) in [4.78, 5) is 0. The van der Waals surface area contributed by atoms with Gasteiger partial charge < -0.3 is 10.2 Å². The van der Waals surface area contributed by atoms with Gasteiger partial charge in [-0.25, -0.2) is 0 Å². The average Bonchev–Trinajstić information content (AvgIpc) is 2.54. The third-order valence-corrected chi connectivity index (χ3v) is 8.68. The van der Waals surface area contributed by atoms with E-state index in [2.05, 4.69) is 51.7 Å². The molecule has 0 saturated carbocycles. The second kappa shape index (κ2) is 8.03. The van der Waals surface area contributed by atoms with Gasteiger partial charge in [0, 0.05) is 10.7 Å². The van der Waals surface area contributed by atoms with Crippen LogP contribution < -0.4 is 10.5 Å². The highest BCUT2D eigenvalue weighted by Gasteiger charge is 2.31. The third kappa shape index (κ3) is 4.72. The summed E-state index contributed by atoms with van der Waals surface area (Å²) in [5.41, 5.74) is 2.05. The maximum absolute atomic E-state index is 10.6. The Morgan fingerprint density at radius 1 is 1.08 bits per heavy atom.